The lowest BCUT2D eigenvalue weighted by atomic mass is 9.86. The molecule has 2 unspecified atom stereocenters. The molecule has 85 heavy (non-hydrogen) atoms. The Morgan fingerprint density at radius 3 is 1.44 bits per heavy atom. The van der Waals surface area contributed by atoms with E-state index in [1.807, 2.05) is 129 Å². The number of carbonyl (C=O) groups excluding carboxylic acids is 3. The van der Waals surface area contributed by atoms with Gasteiger partial charge in [0, 0.05) is 73.2 Å². The van der Waals surface area contributed by atoms with Crippen LogP contribution in [0.5, 0.6) is 0 Å². The van der Waals surface area contributed by atoms with Crippen LogP contribution in [0, 0.1) is 11.8 Å². The molecule has 3 amide bonds. The highest BCUT2D eigenvalue weighted by molar-refractivity contribution is 6.30. The monoisotopic (exact) mass is 1180 g/mol. The number of benzene rings is 6. The number of imidazole rings is 2. The molecular weight excluding hydrogens is 1100 g/mol. The van der Waals surface area contributed by atoms with Crippen molar-refractivity contribution >= 4 is 63.2 Å². The van der Waals surface area contributed by atoms with Crippen LogP contribution in [0.15, 0.2) is 158 Å². The molecule has 0 radical (unpaired) electrons. The number of alkyl carbamates (subject to hydrolysis) is 1. The van der Waals surface area contributed by atoms with Crippen LogP contribution < -0.4 is 11.1 Å². The molecule has 6 atom stereocenters. The molecule has 0 spiro atoms. The van der Waals surface area contributed by atoms with Crippen LogP contribution in [0.4, 0.5) is 4.79 Å². The molecule has 2 aliphatic heterocycles. The number of hydrogen-bond donors (Lipinski definition) is 2. The molecule has 2 fully saturated rings. The van der Waals surface area contributed by atoms with E-state index < -0.39 is 23.7 Å². The highest BCUT2D eigenvalue weighted by Gasteiger charge is 2.38. The van der Waals surface area contributed by atoms with Gasteiger partial charge in [0.1, 0.15) is 17.2 Å². The third kappa shape index (κ3) is 16.9. The number of halogens is 2. The quantitative estimate of drug-likeness (QED) is 0.0730. The van der Waals surface area contributed by atoms with Crippen molar-refractivity contribution in [3.05, 3.63) is 202 Å². The van der Waals surface area contributed by atoms with Crippen LogP contribution >= 0.6 is 23.2 Å². The van der Waals surface area contributed by atoms with E-state index in [2.05, 4.69) is 87.8 Å². The average Bonchev–Trinajstić information content (AvgIpc) is 4.18. The Kier molecular flexibility index (Phi) is 22.0. The Labute approximate surface area is 513 Å². The number of carbonyl (C=O) groups is 3. The first-order chi connectivity index (χ1) is 41.1. The smallest absolute Gasteiger partial charge is 0.407 e. The van der Waals surface area contributed by atoms with Gasteiger partial charge < -0.3 is 34.7 Å². The molecule has 6 aromatic carbocycles. The molecule has 3 N–H and O–H groups in total. The number of hydrogen-bond acceptors (Lipinski definition) is 7. The molecule has 2 saturated heterocycles. The van der Waals surface area contributed by atoms with Gasteiger partial charge in [-0.15, -0.1) is 0 Å². The Bertz CT molecular complexity index is 3420. The number of nitrogens with two attached hydrogens (primary N) is 1. The summed E-state index contributed by atoms with van der Waals surface area (Å²) < 4.78 is 10.5. The van der Waals surface area contributed by atoms with Crippen molar-refractivity contribution in [2.45, 2.75) is 154 Å². The Balaban J connectivity index is 0.000000206. The summed E-state index contributed by atoms with van der Waals surface area (Å²) in [5.74, 6) is 1.92. The predicted octanol–water partition coefficient (Wildman–Crippen LogP) is 14.8. The Morgan fingerprint density at radius 1 is 0.565 bits per heavy atom. The maximum atomic E-state index is 14.7. The summed E-state index contributed by atoms with van der Waals surface area (Å²) in [6, 6.07) is 51.6. The second-order valence-electron chi connectivity index (χ2n) is 24.3. The summed E-state index contributed by atoms with van der Waals surface area (Å²) in [5, 5.41) is 4.45. The van der Waals surface area contributed by atoms with Gasteiger partial charge in [0.25, 0.3) is 0 Å². The van der Waals surface area contributed by atoms with Gasteiger partial charge in [-0.05, 0) is 156 Å². The molecule has 14 heteroatoms. The molecule has 2 aliphatic rings. The van der Waals surface area contributed by atoms with Gasteiger partial charge in [-0.1, -0.05) is 159 Å². The molecule has 2 aromatic heterocycles. The molecule has 448 valence electrons. The van der Waals surface area contributed by atoms with Crippen molar-refractivity contribution in [2.24, 2.45) is 17.6 Å². The van der Waals surface area contributed by atoms with E-state index in [-0.39, 0.29) is 35.6 Å². The summed E-state index contributed by atoms with van der Waals surface area (Å²) in [6.45, 7) is 14.6. The van der Waals surface area contributed by atoms with Crippen LogP contribution in [0.3, 0.4) is 0 Å². The second-order valence-corrected chi connectivity index (χ2v) is 25.2. The maximum absolute atomic E-state index is 14.7. The molecule has 0 aliphatic carbocycles. The van der Waals surface area contributed by atoms with Crippen molar-refractivity contribution in [3.63, 3.8) is 0 Å². The lowest BCUT2D eigenvalue weighted by Crippen LogP contribution is -2.52. The number of aromatic nitrogens is 4. The fourth-order valence-electron chi connectivity index (χ4n) is 12.4. The third-order valence-electron chi connectivity index (χ3n) is 16.7. The van der Waals surface area contributed by atoms with E-state index >= 15 is 0 Å². The normalized spacial score (nSPS) is 16.9. The fraction of sp³-hybridized carbons (Fsp3) is 0.423. The van der Waals surface area contributed by atoms with Crippen LogP contribution in [0.2, 0.25) is 10.0 Å². The zero-order valence-electron chi connectivity index (χ0n) is 50.4. The van der Waals surface area contributed by atoms with E-state index in [9.17, 15) is 14.4 Å². The zero-order chi connectivity index (χ0) is 59.9. The Hall–Kier alpha value is -6.99. The SMILES string of the molecule is CCCCn1c([C@@H]2CCCN(C(=O)C(Cc3ccccc3)[C@@H](Cc3ccc(Cl)cc3)NC(=O)OC(C)(C)C)C2)nc2ccccc21.CCCCn1c([C@@H]2CCCN(C(=O)C(Cc3ccccc3)[C@H](N)Cc3ccc(Cl)cc3)C2)nc2ccccc21. The summed E-state index contributed by atoms with van der Waals surface area (Å²) in [4.78, 5) is 56.4. The van der Waals surface area contributed by atoms with E-state index in [0.29, 0.717) is 55.4 Å². The molecule has 8 aromatic rings. The topological polar surface area (TPSA) is 141 Å². The lowest BCUT2D eigenvalue weighted by molar-refractivity contribution is -0.138. The summed E-state index contributed by atoms with van der Waals surface area (Å²) >= 11 is 12.3. The summed E-state index contributed by atoms with van der Waals surface area (Å²) in [7, 11) is 0. The van der Waals surface area contributed by atoms with Crippen molar-refractivity contribution in [1.82, 2.24) is 34.2 Å². The van der Waals surface area contributed by atoms with Crippen molar-refractivity contribution in [3.8, 4) is 0 Å². The average molecular weight is 1190 g/mol. The minimum absolute atomic E-state index is 0.0415. The van der Waals surface area contributed by atoms with E-state index in [0.717, 1.165) is 121 Å². The zero-order valence-corrected chi connectivity index (χ0v) is 51.9. The molecule has 0 bridgehead atoms. The number of aryl methyl sites for hydroxylation is 2. The third-order valence-corrected chi connectivity index (χ3v) is 17.2. The van der Waals surface area contributed by atoms with Gasteiger partial charge in [-0.25, -0.2) is 14.8 Å². The predicted molar refractivity (Wildman–Crippen MR) is 345 cm³/mol. The van der Waals surface area contributed by atoms with Crippen LogP contribution in [-0.4, -0.2) is 90.7 Å². The number of ether oxygens (including phenoxy) is 1. The van der Waals surface area contributed by atoms with Gasteiger partial charge in [-0.3, -0.25) is 9.59 Å². The maximum Gasteiger partial charge on any atom is 0.407 e. The Morgan fingerprint density at radius 2 is 0.976 bits per heavy atom. The van der Waals surface area contributed by atoms with Crippen LogP contribution in [0.1, 0.15) is 132 Å². The second kappa shape index (κ2) is 29.9. The first-order valence-electron chi connectivity index (χ1n) is 30.9. The number of unbranched alkanes of at least 4 members (excludes halogenated alkanes) is 2. The van der Waals surface area contributed by atoms with E-state index in [1.165, 1.54) is 5.52 Å². The van der Waals surface area contributed by atoms with Gasteiger partial charge in [0.15, 0.2) is 0 Å². The van der Waals surface area contributed by atoms with Crippen molar-refractivity contribution < 1.29 is 19.1 Å². The highest BCUT2D eigenvalue weighted by Crippen LogP contribution is 2.34. The number of nitrogens with one attached hydrogen (secondary N) is 1. The van der Waals surface area contributed by atoms with Gasteiger partial charge >= 0.3 is 6.09 Å². The van der Waals surface area contributed by atoms with Gasteiger partial charge in [0.2, 0.25) is 11.8 Å². The molecule has 12 nitrogen and oxygen atoms in total. The number of nitrogens with zero attached hydrogens (tertiary/aromatic N) is 6. The van der Waals surface area contributed by atoms with Crippen LogP contribution in [-0.2, 0) is 53.1 Å². The number of rotatable bonds is 21. The lowest BCUT2D eigenvalue weighted by Gasteiger charge is -2.37. The summed E-state index contributed by atoms with van der Waals surface area (Å²) in [6.07, 6.45) is 9.99. The standard InChI is InChI=1S/C38H47ClN4O3.C33H39ClN4O/c1-5-6-23-43-34-17-11-10-16-32(34)40-35(43)29-15-12-22-42(26-29)36(44)31(24-27-13-8-7-9-14-27)33(41-37(45)46-38(2,3)4)25-28-18-20-30(39)21-19-28;1-2-3-20-38-31-14-8-7-13-30(31)36-32(38)26-12-9-19-37(23-26)33(39)28(21-24-10-5-4-6-11-24)29(35)22-25-15-17-27(34)18-16-25/h7-11,13-14,16-21,29,31,33H,5-6,12,15,22-26H2,1-4H3,(H,41,45);4-8,10-11,13-18,26,28-29H,2-3,9,12,19-23,35H2,1H3/t29-,31?,33-;26-,28?,29-/m11/s1. The van der Waals surface area contributed by atoms with Gasteiger partial charge in [0.05, 0.1) is 33.9 Å². The van der Waals surface area contributed by atoms with Crippen molar-refractivity contribution in [1.29, 1.82) is 0 Å². The number of amides is 3. The van der Waals surface area contributed by atoms with Crippen molar-refractivity contribution in [2.75, 3.05) is 26.2 Å². The fourth-order valence-corrected chi connectivity index (χ4v) is 12.6. The van der Waals surface area contributed by atoms with E-state index in [4.69, 9.17) is 43.6 Å². The summed E-state index contributed by atoms with van der Waals surface area (Å²) in [5.41, 5.74) is 14.8. The van der Waals surface area contributed by atoms with Crippen LogP contribution in [0.25, 0.3) is 22.1 Å². The number of likely N-dealkylation sites (tertiary alicyclic amines) is 2. The molecule has 0 saturated carbocycles. The molecular formula is C71H86Cl2N8O4. The molecule has 10 rings (SSSR count). The first-order valence-corrected chi connectivity index (χ1v) is 31.7. The number of fused-ring (bicyclic) bond motifs is 2. The molecule has 4 heterocycles. The van der Waals surface area contributed by atoms with Gasteiger partial charge in [-0.2, -0.15) is 0 Å². The highest BCUT2D eigenvalue weighted by atomic mass is 35.5. The first kappa shape index (κ1) is 62.5. The minimum atomic E-state index is -0.669. The number of piperidine rings is 2. The number of para-hydroxylation sites is 4. The van der Waals surface area contributed by atoms with E-state index in [1.54, 1.807) is 0 Å². The minimum Gasteiger partial charge on any atom is -0.444 e. The largest absolute Gasteiger partial charge is 0.444 e.